The maximum absolute atomic E-state index is 12.4. The van der Waals surface area contributed by atoms with E-state index in [0.29, 0.717) is 20.3 Å². The fraction of sp³-hybridized carbons (Fsp3) is 0.0769. The number of benzene rings is 2. The predicted molar refractivity (Wildman–Crippen MR) is 88.2 cm³/mol. The van der Waals surface area contributed by atoms with Gasteiger partial charge >= 0.3 is 0 Å². The normalized spacial score (nSPS) is 11.3. The molecule has 4 nitrogen and oxygen atoms in total. The van der Waals surface area contributed by atoms with E-state index in [2.05, 4.69) is 36.6 Å². The van der Waals surface area contributed by atoms with Crippen LogP contribution in [0.15, 0.2) is 50.2 Å². The van der Waals surface area contributed by atoms with Gasteiger partial charge in [-0.1, -0.05) is 22.0 Å². The molecule has 0 saturated heterocycles. The Hall–Kier alpha value is -1.05. The number of aryl methyl sites for hydroxylation is 1. The molecule has 0 amide bonds. The van der Waals surface area contributed by atoms with Crippen LogP contribution >= 0.6 is 31.9 Å². The minimum Gasteiger partial charge on any atom is -0.397 e. The maximum atomic E-state index is 12.4. The second-order valence-corrected chi connectivity index (χ2v) is 7.69. The summed E-state index contributed by atoms with van der Waals surface area (Å²) in [6.45, 7) is 1.87. The van der Waals surface area contributed by atoms with Gasteiger partial charge in [0.15, 0.2) is 0 Å². The van der Waals surface area contributed by atoms with Crippen LogP contribution in [0.1, 0.15) is 5.56 Å². The highest BCUT2D eigenvalue weighted by atomic mass is 79.9. The molecular formula is C13H12Br2N2O2S. The molecule has 0 bridgehead atoms. The van der Waals surface area contributed by atoms with E-state index >= 15 is 0 Å². The first kappa shape index (κ1) is 15.3. The lowest BCUT2D eigenvalue weighted by Crippen LogP contribution is -2.15. The van der Waals surface area contributed by atoms with Gasteiger partial charge in [-0.15, -0.1) is 0 Å². The van der Waals surface area contributed by atoms with E-state index in [-0.39, 0.29) is 4.90 Å². The SMILES string of the molecule is Cc1ccc(N)c(NS(=O)(=O)c2cc(Br)ccc2Br)c1. The van der Waals surface area contributed by atoms with Crippen LogP contribution in [-0.2, 0) is 10.0 Å². The summed E-state index contributed by atoms with van der Waals surface area (Å²) in [5.41, 5.74) is 7.47. The number of halogens is 2. The lowest BCUT2D eigenvalue weighted by atomic mass is 10.2. The van der Waals surface area contributed by atoms with Gasteiger partial charge in [0.05, 0.1) is 11.4 Å². The van der Waals surface area contributed by atoms with Crippen LogP contribution < -0.4 is 10.5 Å². The number of nitrogens with one attached hydrogen (secondary N) is 1. The Bertz CT molecular complexity index is 761. The van der Waals surface area contributed by atoms with Crippen LogP contribution in [0.4, 0.5) is 11.4 Å². The molecule has 0 saturated carbocycles. The van der Waals surface area contributed by atoms with Gasteiger partial charge in [-0.2, -0.15) is 0 Å². The largest absolute Gasteiger partial charge is 0.397 e. The molecule has 0 aromatic heterocycles. The van der Waals surface area contributed by atoms with Gasteiger partial charge < -0.3 is 5.73 Å². The van der Waals surface area contributed by atoms with Gasteiger partial charge in [-0.25, -0.2) is 8.42 Å². The molecule has 7 heteroatoms. The molecule has 0 spiro atoms. The fourth-order valence-electron chi connectivity index (χ4n) is 1.64. The van der Waals surface area contributed by atoms with Crippen LogP contribution in [-0.4, -0.2) is 8.42 Å². The predicted octanol–water partition coefficient (Wildman–Crippen LogP) is 3.90. The van der Waals surface area contributed by atoms with Crippen LogP contribution in [0.2, 0.25) is 0 Å². The van der Waals surface area contributed by atoms with Gasteiger partial charge in [-0.3, -0.25) is 4.72 Å². The van der Waals surface area contributed by atoms with Crippen molar-refractivity contribution in [3.63, 3.8) is 0 Å². The number of nitrogen functional groups attached to an aromatic ring is 1. The van der Waals surface area contributed by atoms with Crippen molar-refractivity contribution in [3.8, 4) is 0 Å². The van der Waals surface area contributed by atoms with Crippen molar-refractivity contribution in [1.82, 2.24) is 0 Å². The number of hydrogen-bond donors (Lipinski definition) is 2. The molecule has 0 radical (unpaired) electrons. The summed E-state index contributed by atoms with van der Waals surface area (Å²) in [6, 6.07) is 10.1. The van der Waals surface area contributed by atoms with Gasteiger partial charge in [0.1, 0.15) is 4.90 Å². The minimum absolute atomic E-state index is 0.146. The molecule has 0 heterocycles. The zero-order valence-electron chi connectivity index (χ0n) is 10.5. The van der Waals surface area contributed by atoms with Gasteiger partial charge in [0, 0.05) is 8.95 Å². The molecule has 2 aromatic rings. The molecule has 106 valence electrons. The number of rotatable bonds is 3. The molecule has 0 aliphatic carbocycles. The second kappa shape index (κ2) is 5.75. The molecule has 2 rings (SSSR count). The molecule has 0 aliphatic rings. The molecule has 0 atom stereocenters. The lowest BCUT2D eigenvalue weighted by molar-refractivity contribution is 0.600. The van der Waals surface area contributed by atoms with E-state index in [1.165, 1.54) is 6.07 Å². The highest BCUT2D eigenvalue weighted by Crippen LogP contribution is 2.29. The van der Waals surface area contributed by atoms with E-state index in [1.807, 2.05) is 13.0 Å². The average molecular weight is 420 g/mol. The topological polar surface area (TPSA) is 72.2 Å². The van der Waals surface area contributed by atoms with Gasteiger partial charge in [-0.05, 0) is 58.7 Å². The smallest absolute Gasteiger partial charge is 0.263 e. The zero-order valence-corrected chi connectivity index (χ0v) is 14.5. The number of anilines is 2. The summed E-state index contributed by atoms with van der Waals surface area (Å²) in [5, 5.41) is 0. The third-order valence-corrected chi connectivity index (χ3v) is 5.49. The summed E-state index contributed by atoms with van der Waals surface area (Å²) in [4.78, 5) is 0.146. The van der Waals surface area contributed by atoms with Crippen molar-refractivity contribution >= 4 is 53.3 Å². The summed E-state index contributed by atoms with van der Waals surface area (Å²) in [6.07, 6.45) is 0. The summed E-state index contributed by atoms with van der Waals surface area (Å²) < 4.78 is 28.5. The van der Waals surface area contributed by atoms with E-state index < -0.39 is 10.0 Å². The Morgan fingerprint density at radius 2 is 1.80 bits per heavy atom. The van der Waals surface area contributed by atoms with E-state index in [4.69, 9.17) is 5.73 Å². The standard InChI is InChI=1S/C13H12Br2N2O2S/c1-8-2-5-11(16)12(6-8)17-20(18,19)13-7-9(14)3-4-10(13)15/h2-7,17H,16H2,1H3. The van der Waals surface area contributed by atoms with Crippen molar-refractivity contribution < 1.29 is 8.42 Å². The Balaban J connectivity index is 2.46. The van der Waals surface area contributed by atoms with Crippen LogP contribution in [0.5, 0.6) is 0 Å². The molecule has 20 heavy (non-hydrogen) atoms. The Labute approximate surface area is 134 Å². The average Bonchev–Trinajstić information content (AvgIpc) is 2.36. The fourth-order valence-corrected chi connectivity index (χ4v) is 4.22. The lowest BCUT2D eigenvalue weighted by Gasteiger charge is -2.12. The van der Waals surface area contributed by atoms with Crippen LogP contribution in [0.3, 0.4) is 0 Å². The van der Waals surface area contributed by atoms with Crippen molar-refractivity contribution in [1.29, 1.82) is 0 Å². The third-order valence-electron chi connectivity index (χ3n) is 2.64. The number of nitrogens with two attached hydrogens (primary N) is 1. The van der Waals surface area contributed by atoms with Crippen LogP contribution in [0.25, 0.3) is 0 Å². The molecule has 3 N–H and O–H groups in total. The highest BCUT2D eigenvalue weighted by molar-refractivity contribution is 9.11. The quantitative estimate of drug-likeness (QED) is 0.741. The molecule has 0 fully saturated rings. The van der Waals surface area contributed by atoms with E-state index in [1.54, 1.807) is 24.3 Å². The first-order valence-corrected chi connectivity index (χ1v) is 8.70. The molecular weight excluding hydrogens is 408 g/mol. The molecule has 2 aromatic carbocycles. The Morgan fingerprint density at radius 1 is 1.10 bits per heavy atom. The Morgan fingerprint density at radius 3 is 2.50 bits per heavy atom. The van der Waals surface area contributed by atoms with Gasteiger partial charge in [0.25, 0.3) is 10.0 Å². The highest BCUT2D eigenvalue weighted by Gasteiger charge is 2.19. The van der Waals surface area contributed by atoms with Crippen molar-refractivity contribution in [3.05, 3.63) is 50.9 Å². The summed E-state index contributed by atoms with van der Waals surface area (Å²) in [7, 11) is -3.71. The monoisotopic (exact) mass is 418 g/mol. The first-order chi connectivity index (χ1) is 9.29. The minimum atomic E-state index is -3.71. The second-order valence-electron chi connectivity index (χ2n) is 4.27. The van der Waals surface area contributed by atoms with Crippen molar-refractivity contribution in [2.24, 2.45) is 0 Å². The van der Waals surface area contributed by atoms with Crippen molar-refractivity contribution in [2.45, 2.75) is 11.8 Å². The number of sulfonamides is 1. The van der Waals surface area contributed by atoms with E-state index in [9.17, 15) is 8.42 Å². The van der Waals surface area contributed by atoms with E-state index in [0.717, 1.165) is 5.56 Å². The third kappa shape index (κ3) is 3.34. The summed E-state index contributed by atoms with van der Waals surface area (Å²) >= 11 is 6.50. The zero-order chi connectivity index (χ0) is 14.9. The van der Waals surface area contributed by atoms with Crippen molar-refractivity contribution in [2.75, 3.05) is 10.5 Å². The maximum Gasteiger partial charge on any atom is 0.263 e. The first-order valence-electron chi connectivity index (χ1n) is 5.63. The van der Waals surface area contributed by atoms with Crippen LogP contribution in [0, 0.1) is 6.92 Å². The Kier molecular flexibility index (Phi) is 4.41. The van der Waals surface area contributed by atoms with Gasteiger partial charge in [0.2, 0.25) is 0 Å². The number of hydrogen-bond acceptors (Lipinski definition) is 3. The summed E-state index contributed by atoms with van der Waals surface area (Å²) in [5.74, 6) is 0. The molecule has 0 unspecified atom stereocenters. The molecule has 0 aliphatic heterocycles.